The van der Waals surface area contributed by atoms with Crippen molar-refractivity contribution in [2.24, 2.45) is 0 Å². The predicted molar refractivity (Wildman–Crippen MR) is 84.4 cm³/mol. The minimum Gasteiger partial charge on any atom is -0.455 e. The molecule has 1 aromatic heterocycles. The number of carbonyl (C=O) groups is 1. The summed E-state index contributed by atoms with van der Waals surface area (Å²) < 4.78 is 24.3. The van der Waals surface area contributed by atoms with Gasteiger partial charge in [0.05, 0.1) is 17.2 Å². The first-order chi connectivity index (χ1) is 11.7. The minimum absolute atomic E-state index is 0.00955. The zero-order chi connectivity index (χ0) is 16.9. The summed E-state index contributed by atoms with van der Waals surface area (Å²) in [6, 6.07) is 17.9. The Balaban J connectivity index is 1.70. The molecule has 0 fully saturated rings. The smallest absolute Gasteiger partial charge is 0.374 e. The van der Waals surface area contributed by atoms with Crippen LogP contribution in [0, 0.1) is 17.1 Å². The summed E-state index contributed by atoms with van der Waals surface area (Å²) in [5, 5.41) is 8.85. The van der Waals surface area contributed by atoms with E-state index in [9.17, 15) is 9.18 Å². The van der Waals surface area contributed by atoms with Crippen LogP contribution in [0.25, 0.3) is 11.3 Å². The van der Waals surface area contributed by atoms with E-state index in [0.29, 0.717) is 11.1 Å². The number of nitrogens with zero attached hydrogens (tertiary/aromatic N) is 1. The lowest BCUT2D eigenvalue weighted by Gasteiger charge is -2.03. The Morgan fingerprint density at radius 2 is 1.96 bits per heavy atom. The number of benzene rings is 2. The summed E-state index contributed by atoms with van der Waals surface area (Å²) in [5.41, 5.74) is 1.46. The summed E-state index contributed by atoms with van der Waals surface area (Å²) >= 11 is 0. The molecule has 0 saturated heterocycles. The summed E-state index contributed by atoms with van der Waals surface area (Å²) in [4.78, 5) is 12.0. The van der Waals surface area contributed by atoms with E-state index in [2.05, 4.69) is 0 Å². The van der Waals surface area contributed by atoms with Gasteiger partial charge >= 0.3 is 5.97 Å². The molecule has 0 spiro atoms. The van der Waals surface area contributed by atoms with Gasteiger partial charge in [0.25, 0.3) is 0 Å². The molecule has 24 heavy (non-hydrogen) atoms. The largest absolute Gasteiger partial charge is 0.455 e. The lowest BCUT2D eigenvalue weighted by molar-refractivity contribution is 0.0437. The highest BCUT2D eigenvalue weighted by atomic mass is 19.1. The summed E-state index contributed by atoms with van der Waals surface area (Å²) in [6.07, 6.45) is 0. The van der Waals surface area contributed by atoms with Crippen molar-refractivity contribution in [3.05, 3.63) is 83.4 Å². The number of nitriles is 1. The number of hydrogen-bond acceptors (Lipinski definition) is 4. The highest BCUT2D eigenvalue weighted by Gasteiger charge is 2.15. The summed E-state index contributed by atoms with van der Waals surface area (Å²) in [7, 11) is 0. The van der Waals surface area contributed by atoms with E-state index in [0.717, 1.165) is 0 Å². The molecule has 0 saturated carbocycles. The average Bonchev–Trinajstić information content (AvgIpc) is 3.10. The highest BCUT2D eigenvalue weighted by molar-refractivity contribution is 5.87. The fourth-order valence-electron chi connectivity index (χ4n) is 2.20. The Labute approximate surface area is 137 Å². The van der Waals surface area contributed by atoms with Crippen molar-refractivity contribution in [2.45, 2.75) is 6.61 Å². The number of carbonyl (C=O) groups excluding carboxylic acids is 1. The molecule has 1 heterocycles. The molecule has 0 aliphatic carbocycles. The second-order valence-electron chi connectivity index (χ2n) is 5.03. The van der Waals surface area contributed by atoms with Gasteiger partial charge in [-0.25, -0.2) is 9.18 Å². The van der Waals surface area contributed by atoms with Gasteiger partial charge in [0, 0.05) is 0 Å². The molecule has 0 aliphatic heterocycles. The standard InChI is InChI=1S/C19H12FNO3/c20-16-7-2-1-6-15(16)17-8-9-18(24-17)19(22)23-12-14-5-3-4-13(10-14)11-21/h1-10H,12H2. The van der Waals surface area contributed by atoms with Crippen LogP contribution in [0.15, 0.2) is 65.1 Å². The van der Waals surface area contributed by atoms with Gasteiger partial charge in [-0.15, -0.1) is 0 Å². The molecule has 3 rings (SSSR count). The molecule has 118 valence electrons. The van der Waals surface area contributed by atoms with Gasteiger partial charge in [-0.2, -0.15) is 5.26 Å². The third-order valence-electron chi connectivity index (χ3n) is 3.37. The molecule has 0 bridgehead atoms. The topological polar surface area (TPSA) is 63.2 Å². The molecule has 4 nitrogen and oxygen atoms in total. The Hall–Kier alpha value is -3.39. The fourth-order valence-corrected chi connectivity index (χ4v) is 2.20. The van der Waals surface area contributed by atoms with Crippen LogP contribution < -0.4 is 0 Å². The van der Waals surface area contributed by atoms with Crippen molar-refractivity contribution >= 4 is 5.97 Å². The quantitative estimate of drug-likeness (QED) is 0.672. The third kappa shape index (κ3) is 3.33. The normalized spacial score (nSPS) is 10.2. The van der Waals surface area contributed by atoms with Crippen molar-refractivity contribution in [1.82, 2.24) is 0 Å². The molecule has 2 aromatic carbocycles. The van der Waals surface area contributed by atoms with Crippen LogP contribution in [0.5, 0.6) is 0 Å². The van der Waals surface area contributed by atoms with Gasteiger partial charge in [0.1, 0.15) is 18.2 Å². The molecule has 0 unspecified atom stereocenters. The van der Waals surface area contributed by atoms with Crippen LogP contribution in [0.3, 0.4) is 0 Å². The third-order valence-corrected chi connectivity index (χ3v) is 3.37. The van der Waals surface area contributed by atoms with Crippen LogP contribution in [0.1, 0.15) is 21.7 Å². The van der Waals surface area contributed by atoms with Gasteiger partial charge in [0.15, 0.2) is 0 Å². The van der Waals surface area contributed by atoms with Crippen molar-refractivity contribution in [2.75, 3.05) is 0 Å². The maximum absolute atomic E-state index is 13.7. The van der Waals surface area contributed by atoms with Crippen LogP contribution in [-0.4, -0.2) is 5.97 Å². The number of halogens is 1. The maximum Gasteiger partial charge on any atom is 0.374 e. The van der Waals surface area contributed by atoms with E-state index in [4.69, 9.17) is 14.4 Å². The van der Waals surface area contributed by atoms with Crippen LogP contribution in [0.2, 0.25) is 0 Å². The Kier molecular flexibility index (Phi) is 4.39. The van der Waals surface area contributed by atoms with Gasteiger partial charge in [0.2, 0.25) is 5.76 Å². The van der Waals surface area contributed by atoms with Crippen LogP contribution in [0.4, 0.5) is 4.39 Å². The lowest BCUT2D eigenvalue weighted by Crippen LogP contribution is -2.04. The molecule has 0 aliphatic rings. The molecule has 3 aromatic rings. The van der Waals surface area contributed by atoms with Crippen molar-refractivity contribution in [3.63, 3.8) is 0 Å². The molecule has 0 N–H and O–H groups in total. The molecular formula is C19H12FNO3. The SMILES string of the molecule is N#Cc1cccc(COC(=O)c2ccc(-c3ccccc3F)o2)c1. The number of furan rings is 1. The fraction of sp³-hybridized carbons (Fsp3) is 0.0526. The predicted octanol–water partition coefficient (Wildman–Crippen LogP) is 4.31. The van der Waals surface area contributed by atoms with Gasteiger partial charge in [-0.3, -0.25) is 0 Å². The maximum atomic E-state index is 13.7. The summed E-state index contributed by atoms with van der Waals surface area (Å²) in [6.45, 7) is 0.0179. The van der Waals surface area contributed by atoms with E-state index >= 15 is 0 Å². The van der Waals surface area contributed by atoms with E-state index in [1.54, 1.807) is 42.5 Å². The number of rotatable bonds is 4. The van der Waals surface area contributed by atoms with Gasteiger partial charge < -0.3 is 9.15 Å². The van der Waals surface area contributed by atoms with Crippen molar-refractivity contribution in [3.8, 4) is 17.4 Å². The minimum atomic E-state index is -0.653. The molecule has 5 heteroatoms. The van der Waals surface area contributed by atoms with E-state index in [1.807, 2.05) is 6.07 Å². The molecular weight excluding hydrogens is 309 g/mol. The van der Waals surface area contributed by atoms with Crippen molar-refractivity contribution in [1.29, 1.82) is 5.26 Å². The number of hydrogen-bond donors (Lipinski definition) is 0. The molecule has 0 radical (unpaired) electrons. The monoisotopic (exact) mass is 321 g/mol. The van der Waals surface area contributed by atoms with E-state index in [-0.39, 0.29) is 23.7 Å². The number of ether oxygens (including phenoxy) is 1. The van der Waals surface area contributed by atoms with Crippen LogP contribution >= 0.6 is 0 Å². The summed E-state index contributed by atoms with van der Waals surface area (Å²) in [5.74, 6) is -0.837. The average molecular weight is 321 g/mol. The zero-order valence-corrected chi connectivity index (χ0v) is 12.5. The van der Waals surface area contributed by atoms with Crippen molar-refractivity contribution < 1.29 is 18.3 Å². The second-order valence-corrected chi connectivity index (χ2v) is 5.03. The molecule has 0 atom stereocenters. The van der Waals surface area contributed by atoms with E-state index < -0.39 is 11.8 Å². The Bertz CT molecular complexity index is 924. The first-order valence-electron chi connectivity index (χ1n) is 7.18. The Morgan fingerprint density at radius 1 is 1.12 bits per heavy atom. The first kappa shape index (κ1) is 15.5. The zero-order valence-electron chi connectivity index (χ0n) is 12.5. The van der Waals surface area contributed by atoms with Crippen LogP contribution in [-0.2, 0) is 11.3 Å². The highest BCUT2D eigenvalue weighted by Crippen LogP contribution is 2.25. The lowest BCUT2D eigenvalue weighted by atomic mass is 10.1. The first-order valence-corrected chi connectivity index (χ1v) is 7.18. The molecule has 0 amide bonds. The van der Waals surface area contributed by atoms with Gasteiger partial charge in [-0.05, 0) is 42.0 Å². The number of esters is 1. The Morgan fingerprint density at radius 3 is 2.75 bits per heavy atom. The van der Waals surface area contributed by atoms with Gasteiger partial charge in [-0.1, -0.05) is 24.3 Å². The van der Waals surface area contributed by atoms with E-state index in [1.165, 1.54) is 18.2 Å². The second kappa shape index (κ2) is 6.80.